The highest BCUT2D eigenvalue weighted by molar-refractivity contribution is 6.13. The summed E-state index contributed by atoms with van der Waals surface area (Å²) in [5.41, 5.74) is 0.454. The van der Waals surface area contributed by atoms with Crippen molar-refractivity contribution in [1.29, 1.82) is 0 Å². The lowest BCUT2D eigenvalue weighted by Gasteiger charge is -2.26. The maximum Gasteiger partial charge on any atom is 0.354 e. The number of nitrogens with zero attached hydrogens (tertiary/aromatic N) is 1. The maximum atomic E-state index is 11.5. The number of benzene rings is 1. The van der Waals surface area contributed by atoms with Crippen LogP contribution in [0.1, 0.15) is 20.7 Å². The molecule has 0 bridgehead atoms. The van der Waals surface area contributed by atoms with Gasteiger partial charge < -0.3 is 5.21 Å². The van der Waals surface area contributed by atoms with E-state index in [0.29, 0.717) is 0 Å². The SMILES string of the molecule is C[N+]1([O-])C(=O)c2ccccc2C1=O. The van der Waals surface area contributed by atoms with Gasteiger partial charge in [-0.3, -0.25) is 0 Å². The number of hydrogen-bond donors (Lipinski definition) is 0. The second-order valence-electron chi connectivity index (χ2n) is 3.08. The Balaban J connectivity index is 2.71. The second kappa shape index (κ2) is 2.25. The first-order valence-corrected chi connectivity index (χ1v) is 3.81. The van der Waals surface area contributed by atoms with Gasteiger partial charge >= 0.3 is 11.8 Å². The third-order valence-electron chi connectivity index (χ3n) is 2.16. The summed E-state index contributed by atoms with van der Waals surface area (Å²) in [6.45, 7) is 0. The number of carbonyl (C=O) groups excluding carboxylic acids is 2. The Morgan fingerprint density at radius 3 is 1.85 bits per heavy atom. The Morgan fingerprint density at radius 1 is 1.08 bits per heavy atom. The topological polar surface area (TPSA) is 57.2 Å². The van der Waals surface area contributed by atoms with Crippen LogP contribution < -0.4 is 0 Å². The fourth-order valence-corrected chi connectivity index (χ4v) is 1.41. The summed E-state index contributed by atoms with van der Waals surface area (Å²) in [6, 6.07) is 6.26. The fourth-order valence-electron chi connectivity index (χ4n) is 1.41. The predicted molar refractivity (Wildman–Crippen MR) is 44.7 cm³/mol. The van der Waals surface area contributed by atoms with E-state index in [-0.39, 0.29) is 11.1 Å². The van der Waals surface area contributed by atoms with Crippen molar-refractivity contribution in [2.45, 2.75) is 0 Å². The van der Waals surface area contributed by atoms with E-state index < -0.39 is 16.5 Å². The first kappa shape index (κ1) is 8.10. The third-order valence-corrected chi connectivity index (χ3v) is 2.16. The molecule has 0 radical (unpaired) electrons. The molecule has 4 heteroatoms. The molecule has 0 unspecified atom stereocenters. The minimum atomic E-state index is -1.45. The van der Waals surface area contributed by atoms with E-state index >= 15 is 0 Å². The van der Waals surface area contributed by atoms with Crippen molar-refractivity contribution in [3.63, 3.8) is 0 Å². The van der Waals surface area contributed by atoms with Crippen molar-refractivity contribution in [2.75, 3.05) is 7.05 Å². The highest BCUT2D eigenvalue weighted by Crippen LogP contribution is 2.26. The first-order valence-electron chi connectivity index (χ1n) is 3.81. The summed E-state index contributed by atoms with van der Waals surface area (Å²) >= 11 is 0. The van der Waals surface area contributed by atoms with E-state index in [1.165, 1.54) is 12.1 Å². The van der Waals surface area contributed by atoms with Crippen molar-refractivity contribution in [2.24, 2.45) is 0 Å². The highest BCUT2D eigenvalue weighted by Gasteiger charge is 2.44. The molecule has 1 heterocycles. The monoisotopic (exact) mass is 177 g/mol. The summed E-state index contributed by atoms with van der Waals surface area (Å²) in [4.78, 5) is 22.7. The van der Waals surface area contributed by atoms with Gasteiger partial charge in [0.2, 0.25) is 0 Å². The lowest BCUT2D eigenvalue weighted by atomic mass is 10.1. The number of amides is 2. The summed E-state index contributed by atoms with van der Waals surface area (Å²) in [5, 5.41) is 11.5. The number of imide groups is 1. The minimum absolute atomic E-state index is 0.227. The molecule has 0 atom stereocenters. The van der Waals surface area contributed by atoms with Gasteiger partial charge in [-0.1, -0.05) is 12.1 Å². The molecule has 0 fully saturated rings. The zero-order valence-electron chi connectivity index (χ0n) is 6.98. The molecule has 13 heavy (non-hydrogen) atoms. The van der Waals surface area contributed by atoms with Gasteiger partial charge in [-0.2, -0.15) is 0 Å². The molecule has 2 amide bonds. The number of rotatable bonds is 0. The van der Waals surface area contributed by atoms with Gasteiger partial charge in [0.25, 0.3) is 0 Å². The highest BCUT2D eigenvalue weighted by atomic mass is 16.6. The number of carbonyl (C=O) groups is 2. The molecule has 0 N–H and O–H groups in total. The molecule has 1 aromatic rings. The molecule has 2 rings (SSSR count). The number of hydroxylamine groups is 3. The first-order chi connectivity index (χ1) is 6.05. The van der Waals surface area contributed by atoms with Crippen LogP contribution in [0.2, 0.25) is 0 Å². The lowest BCUT2D eigenvalue weighted by Crippen LogP contribution is -2.42. The zero-order valence-corrected chi connectivity index (χ0v) is 6.98. The van der Waals surface area contributed by atoms with Crippen LogP contribution in [0.25, 0.3) is 0 Å². The van der Waals surface area contributed by atoms with E-state index in [1.54, 1.807) is 12.1 Å². The van der Waals surface area contributed by atoms with Gasteiger partial charge in [-0.05, 0) is 12.1 Å². The molecule has 0 spiro atoms. The molecule has 4 nitrogen and oxygen atoms in total. The average molecular weight is 177 g/mol. The van der Waals surface area contributed by atoms with Crippen LogP contribution in [0, 0.1) is 5.21 Å². The Morgan fingerprint density at radius 2 is 1.46 bits per heavy atom. The van der Waals surface area contributed by atoms with Crippen LogP contribution in [0.3, 0.4) is 0 Å². The van der Waals surface area contributed by atoms with Crippen LogP contribution in [0.5, 0.6) is 0 Å². The van der Waals surface area contributed by atoms with E-state index in [4.69, 9.17) is 0 Å². The molecular formula is C9H7NO3. The Kier molecular flexibility index (Phi) is 1.40. The quantitative estimate of drug-likeness (QED) is 0.336. The van der Waals surface area contributed by atoms with Gasteiger partial charge in [0.05, 0.1) is 18.2 Å². The van der Waals surface area contributed by atoms with Gasteiger partial charge in [-0.15, -0.1) is 0 Å². The van der Waals surface area contributed by atoms with E-state index in [0.717, 1.165) is 7.05 Å². The summed E-state index contributed by atoms with van der Waals surface area (Å²) < 4.78 is -1.45. The number of hydrogen-bond acceptors (Lipinski definition) is 3. The third kappa shape index (κ3) is 0.867. The van der Waals surface area contributed by atoms with Crippen LogP contribution >= 0.6 is 0 Å². The van der Waals surface area contributed by atoms with E-state index in [1.807, 2.05) is 0 Å². The van der Waals surface area contributed by atoms with E-state index in [9.17, 15) is 14.8 Å². The van der Waals surface area contributed by atoms with Gasteiger partial charge in [0.1, 0.15) is 0 Å². The van der Waals surface area contributed by atoms with Crippen LogP contribution in [-0.4, -0.2) is 23.5 Å². The Hall–Kier alpha value is -1.52. The summed E-state index contributed by atoms with van der Waals surface area (Å²) in [7, 11) is 1.06. The molecular weight excluding hydrogens is 170 g/mol. The van der Waals surface area contributed by atoms with Crippen molar-refractivity contribution in [1.82, 2.24) is 0 Å². The van der Waals surface area contributed by atoms with Gasteiger partial charge in [0, 0.05) is 0 Å². The van der Waals surface area contributed by atoms with Crippen LogP contribution in [-0.2, 0) is 0 Å². The lowest BCUT2D eigenvalue weighted by molar-refractivity contribution is -0.682. The predicted octanol–water partition coefficient (Wildman–Crippen LogP) is 0.925. The Labute approximate surface area is 74.6 Å². The van der Waals surface area contributed by atoms with Crippen LogP contribution in [0.15, 0.2) is 24.3 Å². The fraction of sp³-hybridized carbons (Fsp3) is 0.111. The Bertz CT molecular complexity index is 372. The molecule has 0 aliphatic carbocycles. The van der Waals surface area contributed by atoms with Crippen LogP contribution in [0.4, 0.5) is 0 Å². The molecule has 1 aromatic carbocycles. The number of fused-ring (bicyclic) bond motifs is 1. The summed E-state index contributed by atoms with van der Waals surface area (Å²) in [6.07, 6.45) is 0. The van der Waals surface area contributed by atoms with Crippen molar-refractivity contribution in [3.8, 4) is 0 Å². The minimum Gasteiger partial charge on any atom is -0.617 e. The molecule has 1 aliphatic heterocycles. The largest absolute Gasteiger partial charge is 0.617 e. The maximum absolute atomic E-state index is 11.5. The van der Waals surface area contributed by atoms with Crippen molar-refractivity contribution >= 4 is 11.8 Å². The molecule has 0 saturated heterocycles. The summed E-state index contributed by atoms with van der Waals surface area (Å²) in [5.74, 6) is -1.36. The van der Waals surface area contributed by atoms with Crippen molar-refractivity contribution in [3.05, 3.63) is 40.6 Å². The normalized spacial score (nSPS) is 18.9. The standard InChI is InChI=1S/C9H7NO3/c1-10(13)8(11)6-4-2-3-5-7(6)9(10)12/h2-5H,1H3. The van der Waals surface area contributed by atoms with Gasteiger partial charge in [0.15, 0.2) is 0 Å². The average Bonchev–Trinajstić information content (AvgIpc) is 2.30. The van der Waals surface area contributed by atoms with Gasteiger partial charge in [-0.25, -0.2) is 14.2 Å². The number of quaternary nitrogens is 1. The zero-order chi connectivity index (χ0) is 9.64. The van der Waals surface area contributed by atoms with E-state index in [2.05, 4.69) is 0 Å². The van der Waals surface area contributed by atoms with Crippen molar-refractivity contribution < 1.29 is 14.2 Å². The second-order valence-corrected chi connectivity index (χ2v) is 3.08. The molecule has 1 aliphatic rings. The molecule has 0 aromatic heterocycles. The smallest absolute Gasteiger partial charge is 0.354 e. The molecule has 0 saturated carbocycles. The molecule has 66 valence electrons.